The highest BCUT2D eigenvalue weighted by Crippen LogP contribution is 2.43. The van der Waals surface area contributed by atoms with Crippen molar-refractivity contribution >= 4 is 13.7 Å². The number of hydrogen-bond acceptors (Lipinski definition) is 5. The molecule has 0 aromatic heterocycles. The van der Waals surface area contributed by atoms with E-state index in [0.717, 1.165) is 19.3 Å². The Hall–Kier alpha value is -0.500. The van der Waals surface area contributed by atoms with E-state index < -0.39 is 20.0 Å². The Balaban J connectivity index is 3.59. The maximum absolute atomic E-state index is 12.3. The minimum absolute atomic E-state index is 0.0749. The standard InChI is InChI=1S/C43H89N2O6P/c1-6-8-9-10-11-12-13-14-15-16-17-18-19-20-21-22-23-24-25-26-27-28-29-30-31-32-33-34-35-36-37-42(46)41(44-43(47)7-2)40-51-52(48,49)50-39-38-45(3,4)5/h41-42,46H,6-40H2,1-5H3,(H-,44,47,48,49)/p+1. The smallest absolute Gasteiger partial charge is 0.391 e. The fraction of sp³-hybridized carbons (Fsp3) is 0.977. The van der Waals surface area contributed by atoms with Crippen LogP contribution in [0.2, 0.25) is 0 Å². The molecule has 0 aliphatic heterocycles. The highest BCUT2D eigenvalue weighted by molar-refractivity contribution is 7.47. The summed E-state index contributed by atoms with van der Waals surface area (Å²) >= 11 is 0. The molecule has 3 N–H and O–H groups in total. The largest absolute Gasteiger partial charge is 0.472 e. The average Bonchev–Trinajstić information content (AvgIpc) is 3.10. The molecule has 0 aromatic carbocycles. The van der Waals surface area contributed by atoms with Crippen LogP contribution in [0.1, 0.15) is 219 Å². The number of carbonyl (C=O) groups excluding carboxylic acids is 1. The molecule has 0 aliphatic rings. The number of phosphoric acid groups is 1. The van der Waals surface area contributed by atoms with Gasteiger partial charge in [-0.2, -0.15) is 0 Å². The van der Waals surface area contributed by atoms with Gasteiger partial charge in [-0.3, -0.25) is 13.8 Å². The predicted octanol–water partition coefficient (Wildman–Crippen LogP) is 12.2. The summed E-state index contributed by atoms with van der Waals surface area (Å²) in [5, 5.41) is 13.5. The van der Waals surface area contributed by atoms with Crippen LogP contribution in [0.25, 0.3) is 0 Å². The Morgan fingerprint density at radius 2 is 0.904 bits per heavy atom. The summed E-state index contributed by atoms with van der Waals surface area (Å²) < 4.78 is 23.1. The van der Waals surface area contributed by atoms with Crippen LogP contribution < -0.4 is 5.32 Å². The van der Waals surface area contributed by atoms with Crippen molar-refractivity contribution in [1.82, 2.24) is 5.32 Å². The van der Waals surface area contributed by atoms with Crippen molar-refractivity contribution in [1.29, 1.82) is 0 Å². The van der Waals surface area contributed by atoms with Gasteiger partial charge in [0.25, 0.3) is 0 Å². The van der Waals surface area contributed by atoms with Crippen LogP contribution in [-0.4, -0.2) is 73.4 Å². The lowest BCUT2D eigenvalue weighted by atomic mass is 10.0. The minimum Gasteiger partial charge on any atom is -0.391 e. The van der Waals surface area contributed by atoms with Crippen LogP contribution in [0.5, 0.6) is 0 Å². The Morgan fingerprint density at radius 1 is 0.577 bits per heavy atom. The van der Waals surface area contributed by atoms with Gasteiger partial charge in [0.2, 0.25) is 5.91 Å². The van der Waals surface area contributed by atoms with Gasteiger partial charge >= 0.3 is 7.82 Å². The number of likely N-dealkylation sites (N-methyl/N-ethyl adjacent to an activating group) is 1. The molecule has 1 amide bonds. The predicted molar refractivity (Wildman–Crippen MR) is 222 cm³/mol. The molecule has 3 unspecified atom stereocenters. The normalized spacial score (nSPS) is 14.4. The number of phosphoric ester groups is 1. The lowest BCUT2D eigenvalue weighted by molar-refractivity contribution is -0.870. The van der Waals surface area contributed by atoms with Crippen LogP contribution >= 0.6 is 7.82 Å². The molecule has 8 nitrogen and oxygen atoms in total. The van der Waals surface area contributed by atoms with Crippen molar-refractivity contribution in [2.75, 3.05) is 40.9 Å². The number of quaternary nitrogens is 1. The first-order valence-electron chi connectivity index (χ1n) is 22.4. The first kappa shape index (κ1) is 51.5. The van der Waals surface area contributed by atoms with E-state index in [1.54, 1.807) is 6.92 Å². The van der Waals surface area contributed by atoms with Gasteiger partial charge in [-0.1, -0.05) is 206 Å². The number of hydrogen-bond donors (Lipinski definition) is 3. The molecule has 9 heteroatoms. The summed E-state index contributed by atoms with van der Waals surface area (Å²) in [6.07, 6.45) is 41.0. The van der Waals surface area contributed by atoms with Gasteiger partial charge in [0.15, 0.2) is 0 Å². The lowest BCUT2D eigenvalue weighted by Crippen LogP contribution is -2.46. The fourth-order valence-electron chi connectivity index (χ4n) is 6.78. The Bertz CT molecular complexity index is 824. The van der Waals surface area contributed by atoms with E-state index >= 15 is 0 Å². The second-order valence-electron chi connectivity index (χ2n) is 16.7. The van der Waals surface area contributed by atoms with Gasteiger partial charge < -0.3 is 19.8 Å². The topological polar surface area (TPSA) is 105 Å². The zero-order valence-corrected chi connectivity index (χ0v) is 36.2. The summed E-state index contributed by atoms with van der Waals surface area (Å²) in [5.74, 6) is -0.230. The van der Waals surface area contributed by atoms with Crippen molar-refractivity contribution < 1.29 is 32.9 Å². The van der Waals surface area contributed by atoms with Crippen LogP contribution in [-0.2, 0) is 18.4 Å². The molecule has 0 fully saturated rings. The molecule has 0 bridgehead atoms. The quantitative estimate of drug-likeness (QED) is 0.0325. The molecule has 312 valence electrons. The van der Waals surface area contributed by atoms with E-state index in [-0.39, 0.29) is 25.5 Å². The van der Waals surface area contributed by atoms with Crippen LogP contribution in [0, 0.1) is 0 Å². The second-order valence-corrected chi connectivity index (χ2v) is 18.2. The number of aliphatic hydroxyl groups excluding tert-OH is 1. The Kier molecular flexibility index (Phi) is 35.8. The molecule has 52 heavy (non-hydrogen) atoms. The summed E-state index contributed by atoms with van der Waals surface area (Å²) in [6, 6.07) is -0.751. The van der Waals surface area contributed by atoms with E-state index in [0.29, 0.717) is 17.4 Å². The van der Waals surface area contributed by atoms with E-state index in [4.69, 9.17) is 9.05 Å². The van der Waals surface area contributed by atoms with Crippen molar-refractivity contribution in [3.05, 3.63) is 0 Å². The Morgan fingerprint density at radius 3 is 1.21 bits per heavy atom. The third kappa shape index (κ3) is 37.8. The molecular formula is C43H90N2O6P+. The summed E-state index contributed by atoms with van der Waals surface area (Å²) in [5.41, 5.74) is 0. The number of aliphatic hydroxyl groups is 1. The molecule has 0 radical (unpaired) electrons. The molecule has 0 aliphatic carbocycles. The first-order chi connectivity index (χ1) is 25.0. The second kappa shape index (κ2) is 36.2. The molecule has 0 aromatic rings. The number of nitrogens with zero attached hydrogens (tertiary/aromatic N) is 1. The van der Waals surface area contributed by atoms with Crippen LogP contribution in [0.4, 0.5) is 0 Å². The summed E-state index contributed by atoms with van der Waals surface area (Å²) in [4.78, 5) is 22.0. The van der Waals surface area contributed by atoms with Gasteiger partial charge in [-0.15, -0.1) is 0 Å². The molecular weight excluding hydrogens is 671 g/mol. The van der Waals surface area contributed by atoms with E-state index in [9.17, 15) is 19.4 Å². The number of rotatable bonds is 41. The fourth-order valence-corrected chi connectivity index (χ4v) is 7.51. The van der Waals surface area contributed by atoms with Crippen molar-refractivity contribution in [3.63, 3.8) is 0 Å². The van der Waals surface area contributed by atoms with Crippen LogP contribution in [0.15, 0.2) is 0 Å². The van der Waals surface area contributed by atoms with Crippen molar-refractivity contribution in [2.45, 2.75) is 231 Å². The third-order valence-corrected chi connectivity index (χ3v) is 11.4. The van der Waals surface area contributed by atoms with Crippen molar-refractivity contribution in [2.24, 2.45) is 0 Å². The SMILES string of the molecule is CCCCCCCCCCCCCCCCCCCCCCCCCCCCCCCCC(O)C(COP(=O)(O)OCC[N+](C)(C)C)NC(=O)CC. The zero-order chi connectivity index (χ0) is 38.6. The van der Waals surface area contributed by atoms with Gasteiger partial charge in [0.1, 0.15) is 13.2 Å². The Labute approximate surface area is 323 Å². The van der Waals surface area contributed by atoms with Gasteiger partial charge in [0.05, 0.1) is 39.9 Å². The maximum Gasteiger partial charge on any atom is 0.472 e. The first-order valence-corrected chi connectivity index (χ1v) is 23.9. The molecule has 0 saturated carbocycles. The van der Waals surface area contributed by atoms with Gasteiger partial charge in [0, 0.05) is 6.42 Å². The summed E-state index contributed by atoms with van der Waals surface area (Å²) in [7, 11) is 1.62. The van der Waals surface area contributed by atoms with Crippen LogP contribution in [0.3, 0.4) is 0 Å². The number of unbranched alkanes of at least 4 members (excludes halogenated alkanes) is 29. The number of amides is 1. The minimum atomic E-state index is -4.27. The van der Waals surface area contributed by atoms with E-state index in [1.807, 2.05) is 21.1 Å². The number of nitrogens with one attached hydrogen (secondary N) is 1. The highest BCUT2D eigenvalue weighted by Gasteiger charge is 2.28. The molecule has 0 saturated heterocycles. The monoisotopic (exact) mass is 762 g/mol. The summed E-state index contributed by atoms with van der Waals surface area (Å²) in [6.45, 7) is 4.37. The third-order valence-electron chi connectivity index (χ3n) is 10.4. The van der Waals surface area contributed by atoms with Gasteiger partial charge in [-0.25, -0.2) is 4.57 Å². The average molecular weight is 762 g/mol. The molecule has 0 spiro atoms. The van der Waals surface area contributed by atoms with Crippen molar-refractivity contribution in [3.8, 4) is 0 Å². The lowest BCUT2D eigenvalue weighted by Gasteiger charge is -2.26. The van der Waals surface area contributed by atoms with E-state index in [2.05, 4.69) is 12.2 Å². The molecule has 0 heterocycles. The highest BCUT2D eigenvalue weighted by atomic mass is 31.2. The zero-order valence-electron chi connectivity index (χ0n) is 35.3. The molecule has 3 atom stereocenters. The maximum atomic E-state index is 12.3. The number of carbonyl (C=O) groups is 1. The van der Waals surface area contributed by atoms with Gasteiger partial charge in [-0.05, 0) is 6.42 Å². The van der Waals surface area contributed by atoms with E-state index in [1.165, 1.54) is 173 Å². The molecule has 0 rings (SSSR count).